The fourth-order valence-electron chi connectivity index (χ4n) is 2.93. The lowest BCUT2D eigenvalue weighted by Crippen LogP contribution is -2.43. The summed E-state index contributed by atoms with van der Waals surface area (Å²) in [5.74, 6) is -0.362. The highest BCUT2D eigenvalue weighted by molar-refractivity contribution is 5.77. The van der Waals surface area contributed by atoms with E-state index in [1.807, 2.05) is 0 Å². The van der Waals surface area contributed by atoms with Gasteiger partial charge in [0.05, 0.1) is 19.3 Å². The molecule has 0 saturated carbocycles. The van der Waals surface area contributed by atoms with Gasteiger partial charge >= 0.3 is 12.3 Å². The van der Waals surface area contributed by atoms with E-state index in [9.17, 15) is 22.4 Å². The summed E-state index contributed by atoms with van der Waals surface area (Å²) in [4.78, 5) is 12.1. The highest BCUT2D eigenvalue weighted by atomic mass is 19.4. The van der Waals surface area contributed by atoms with Gasteiger partial charge < -0.3 is 28.7 Å². The molecule has 0 spiro atoms. The van der Waals surface area contributed by atoms with Crippen molar-refractivity contribution in [2.45, 2.75) is 38.1 Å². The summed E-state index contributed by atoms with van der Waals surface area (Å²) < 4.78 is 75.2. The summed E-state index contributed by atoms with van der Waals surface area (Å²) in [6, 6.07) is 4.11. The number of alkyl halides is 3. The number of benzene rings is 1. The van der Waals surface area contributed by atoms with Gasteiger partial charge in [0.15, 0.2) is 6.61 Å². The topological polar surface area (TPSA) is 105 Å². The maximum Gasteiger partial charge on any atom is 0.414 e. The zero-order valence-corrected chi connectivity index (χ0v) is 17.7. The third-order valence-electron chi connectivity index (χ3n) is 4.57. The molecule has 182 valence electrons. The monoisotopic (exact) mass is 477 g/mol. The molecule has 1 N–H and O–H groups in total. The van der Waals surface area contributed by atoms with E-state index >= 15 is 0 Å². The normalized spacial score (nSPS) is 18.7. The molecule has 1 amide bonds. The van der Waals surface area contributed by atoms with Gasteiger partial charge in [-0.05, 0) is 31.4 Å². The molecule has 2 atom stereocenters. The van der Waals surface area contributed by atoms with E-state index in [1.165, 1.54) is 6.07 Å². The number of rotatable bonds is 10. The van der Waals surface area contributed by atoms with Crippen molar-refractivity contribution in [3.8, 4) is 11.8 Å². The van der Waals surface area contributed by atoms with Crippen molar-refractivity contribution < 1.29 is 45.7 Å². The molecule has 1 aromatic heterocycles. The third kappa shape index (κ3) is 8.17. The number of carbonyl (C=O) groups is 1. The highest BCUT2D eigenvalue weighted by Gasteiger charge is 2.29. The molecule has 0 aliphatic carbocycles. The lowest BCUT2D eigenvalue weighted by Gasteiger charge is -2.27. The van der Waals surface area contributed by atoms with Crippen LogP contribution in [0.2, 0.25) is 0 Å². The molecule has 0 unspecified atom stereocenters. The van der Waals surface area contributed by atoms with Gasteiger partial charge in [-0.15, -0.1) is 5.10 Å². The Balaban J connectivity index is 1.34. The second-order valence-electron chi connectivity index (χ2n) is 7.29. The Bertz CT molecular complexity index is 915. The standard InChI is InChI=1S/C20H23F4N3O6/c1-12-2-4-14(8-15(12)21)31-10-17(28)25-13-3-5-16(32-9-13)18-26-27-19(33-18)30-7-6-29-11-20(22,23)24/h2,4,8,13,16H,3,5-7,9-11H2,1H3,(H,25,28)/t13-,16+/m1/s1. The summed E-state index contributed by atoms with van der Waals surface area (Å²) in [5, 5.41) is 10.2. The van der Waals surface area contributed by atoms with Crippen LogP contribution in [0.4, 0.5) is 17.6 Å². The first-order valence-corrected chi connectivity index (χ1v) is 10.1. The van der Waals surface area contributed by atoms with Crippen LogP contribution in [0.15, 0.2) is 22.6 Å². The maximum absolute atomic E-state index is 13.5. The number of ether oxygens (including phenoxy) is 4. The Morgan fingerprint density at radius 3 is 2.73 bits per heavy atom. The number of halogens is 4. The zero-order chi connectivity index (χ0) is 23.8. The number of amides is 1. The van der Waals surface area contributed by atoms with E-state index in [-0.39, 0.29) is 56.1 Å². The Labute approximate surface area is 186 Å². The molecular formula is C20H23F4N3O6. The Kier molecular flexibility index (Phi) is 8.44. The third-order valence-corrected chi connectivity index (χ3v) is 4.57. The van der Waals surface area contributed by atoms with Crippen molar-refractivity contribution in [2.24, 2.45) is 0 Å². The Hall–Kier alpha value is -2.93. The Morgan fingerprint density at radius 2 is 2.03 bits per heavy atom. The van der Waals surface area contributed by atoms with Gasteiger partial charge in [0.1, 0.15) is 30.9 Å². The first kappa shape index (κ1) is 24.7. The number of aryl methyl sites for hydroxylation is 1. The molecule has 9 nitrogen and oxygen atoms in total. The van der Waals surface area contributed by atoms with Crippen LogP contribution in [0, 0.1) is 12.7 Å². The number of nitrogens with zero attached hydrogens (tertiary/aromatic N) is 2. The van der Waals surface area contributed by atoms with Crippen LogP contribution >= 0.6 is 0 Å². The molecular weight excluding hydrogens is 454 g/mol. The number of carbonyl (C=O) groups excluding carboxylic acids is 1. The van der Waals surface area contributed by atoms with Crippen molar-refractivity contribution in [1.29, 1.82) is 0 Å². The van der Waals surface area contributed by atoms with Crippen molar-refractivity contribution in [3.63, 3.8) is 0 Å². The zero-order valence-electron chi connectivity index (χ0n) is 17.7. The summed E-state index contributed by atoms with van der Waals surface area (Å²) in [7, 11) is 0. The van der Waals surface area contributed by atoms with Gasteiger partial charge in [-0.25, -0.2) is 4.39 Å². The highest BCUT2D eigenvalue weighted by Crippen LogP contribution is 2.28. The average Bonchev–Trinajstić information content (AvgIpc) is 3.23. The van der Waals surface area contributed by atoms with Gasteiger partial charge in [-0.3, -0.25) is 4.79 Å². The Morgan fingerprint density at radius 1 is 1.21 bits per heavy atom. The van der Waals surface area contributed by atoms with Gasteiger partial charge in [0.2, 0.25) is 5.89 Å². The summed E-state index contributed by atoms with van der Waals surface area (Å²) in [6.45, 7) is -0.285. The minimum atomic E-state index is -4.40. The first-order chi connectivity index (χ1) is 15.7. The van der Waals surface area contributed by atoms with Gasteiger partial charge in [-0.2, -0.15) is 13.2 Å². The lowest BCUT2D eigenvalue weighted by atomic mass is 10.1. The minimum Gasteiger partial charge on any atom is -0.484 e. The number of hydrogen-bond donors (Lipinski definition) is 1. The van der Waals surface area contributed by atoms with Gasteiger partial charge in [0, 0.05) is 6.07 Å². The van der Waals surface area contributed by atoms with Crippen molar-refractivity contribution in [1.82, 2.24) is 15.5 Å². The predicted molar refractivity (Wildman–Crippen MR) is 103 cm³/mol. The maximum atomic E-state index is 13.5. The van der Waals surface area contributed by atoms with E-state index in [4.69, 9.17) is 18.6 Å². The molecule has 1 fully saturated rings. The van der Waals surface area contributed by atoms with Crippen LogP contribution in [-0.4, -0.2) is 61.4 Å². The van der Waals surface area contributed by atoms with Gasteiger partial charge in [0.25, 0.3) is 5.91 Å². The van der Waals surface area contributed by atoms with Crippen molar-refractivity contribution in [3.05, 3.63) is 35.5 Å². The summed E-state index contributed by atoms with van der Waals surface area (Å²) in [5.41, 5.74) is 0.482. The predicted octanol–water partition coefficient (Wildman–Crippen LogP) is 2.89. The molecule has 1 aliphatic rings. The lowest BCUT2D eigenvalue weighted by molar-refractivity contribution is -0.175. The molecule has 13 heteroatoms. The van der Waals surface area contributed by atoms with Crippen LogP contribution in [0.3, 0.4) is 0 Å². The number of aromatic nitrogens is 2. The van der Waals surface area contributed by atoms with E-state index in [1.54, 1.807) is 19.1 Å². The van der Waals surface area contributed by atoms with Crippen LogP contribution < -0.4 is 14.8 Å². The largest absolute Gasteiger partial charge is 0.484 e. The minimum absolute atomic E-state index is 0.163. The molecule has 1 aliphatic heterocycles. The average molecular weight is 477 g/mol. The smallest absolute Gasteiger partial charge is 0.414 e. The molecule has 2 heterocycles. The van der Waals surface area contributed by atoms with Crippen LogP contribution in [-0.2, 0) is 14.3 Å². The van der Waals surface area contributed by atoms with Crippen molar-refractivity contribution >= 4 is 5.91 Å². The second kappa shape index (κ2) is 11.3. The van der Waals surface area contributed by atoms with Gasteiger partial charge in [-0.1, -0.05) is 11.2 Å². The van der Waals surface area contributed by atoms with Crippen LogP contribution in [0.25, 0.3) is 0 Å². The SMILES string of the molecule is Cc1ccc(OCC(=O)N[C@@H]2CC[C@@H](c3nnc(OCCOCC(F)(F)F)o3)OC2)cc1F. The second-order valence-corrected chi connectivity index (χ2v) is 7.29. The molecule has 1 saturated heterocycles. The molecule has 1 aromatic carbocycles. The molecule has 0 radical (unpaired) electrons. The molecule has 0 bridgehead atoms. The molecule has 33 heavy (non-hydrogen) atoms. The van der Waals surface area contributed by atoms with E-state index in [0.29, 0.717) is 18.4 Å². The van der Waals surface area contributed by atoms with E-state index in [0.717, 1.165) is 0 Å². The van der Waals surface area contributed by atoms with E-state index in [2.05, 4.69) is 20.3 Å². The first-order valence-electron chi connectivity index (χ1n) is 10.1. The number of hydrogen-bond acceptors (Lipinski definition) is 8. The van der Waals surface area contributed by atoms with Crippen LogP contribution in [0.5, 0.6) is 11.8 Å². The van der Waals surface area contributed by atoms with Crippen LogP contribution in [0.1, 0.15) is 30.4 Å². The fraction of sp³-hybridized carbons (Fsp3) is 0.550. The quantitative estimate of drug-likeness (QED) is 0.412. The fourth-order valence-corrected chi connectivity index (χ4v) is 2.93. The molecule has 2 aromatic rings. The van der Waals surface area contributed by atoms with Crippen molar-refractivity contribution in [2.75, 3.05) is 33.0 Å². The summed E-state index contributed by atoms with van der Waals surface area (Å²) >= 11 is 0. The molecule has 3 rings (SSSR count). The number of nitrogens with one attached hydrogen (secondary N) is 1. The summed E-state index contributed by atoms with van der Waals surface area (Å²) in [6.07, 6.45) is -4.06. The van der Waals surface area contributed by atoms with E-state index < -0.39 is 24.7 Å².